The topological polar surface area (TPSA) is 32.8 Å². The van der Waals surface area contributed by atoms with Crippen molar-refractivity contribution in [2.75, 3.05) is 33.8 Å². The number of carbonyl (C=O) groups is 1. The lowest BCUT2D eigenvalue weighted by molar-refractivity contribution is 0.0976. The van der Waals surface area contributed by atoms with Crippen molar-refractivity contribution < 1.29 is 9.53 Å². The van der Waals surface area contributed by atoms with Crippen LogP contribution in [0.3, 0.4) is 0 Å². The molecule has 4 nitrogen and oxygen atoms in total. The highest BCUT2D eigenvalue weighted by molar-refractivity contribution is 5.66. The number of hydrogen-bond donors (Lipinski definition) is 0. The molecular weight excluding hydrogens is 216 g/mol. The molecule has 0 aromatic heterocycles. The second-order valence-corrected chi connectivity index (χ2v) is 4.62. The number of nitrogens with zero attached hydrogens (tertiary/aromatic N) is 2. The summed E-state index contributed by atoms with van der Waals surface area (Å²) in [5.41, 5.74) is 0. The summed E-state index contributed by atoms with van der Waals surface area (Å²) in [6.07, 6.45) is 10.1. The second-order valence-electron chi connectivity index (χ2n) is 4.62. The first-order valence-electron chi connectivity index (χ1n) is 6.16. The highest BCUT2D eigenvalue weighted by Crippen LogP contribution is 2.22. The quantitative estimate of drug-likeness (QED) is 0.681. The summed E-state index contributed by atoms with van der Waals surface area (Å²) < 4.78 is 5.12. The second kappa shape index (κ2) is 7.18. The van der Waals surface area contributed by atoms with E-state index in [1.165, 1.54) is 30.6 Å². The van der Waals surface area contributed by atoms with E-state index in [0.29, 0.717) is 19.2 Å². The first-order chi connectivity index (χ1) is 8.15. The molecular formula is C13H22N2O2. The standard InChI is InChI=1S/C13H22N2O2/c1-4-9-15(12-7-5-6-8-12)10-11-17-13(16)14(2)3/h1,12H,5-11H2,2-3H3. The zero-order valence-electron chi connectivity index (χ0n) is 10.8. The van der Waals surface area contributed by atoms with Crippen LogP contribution < -0.4 is 0 Å². The Morgan fingerprint density at radius 2 is 2.06 bits per heavy atom. The van der Waals surface area contributed by atoms with E-state index >= 15 is 0 Å². The largest absolute Gasteiger partial charge is 0.448 e. The molecule has 0 spiro atoms. The van der Waals surface area contributed by atoms with Crippen LogP contribution in [0.25, 0.3) is 0 Å². The van der Waals surface area contributed by atoms with E-state index in [0.717, 1.165) is 6.54 Å². The Hall–Kier alpha value is -1.21. The third kappa shape index (κ3) is 4.66. The maximum atomic E-state index is 11.2. The molecule has 1 aliphatic rings. The van der Waals surface area contributed by atoms with Crippen molar-refractivity contribution in [2.45, 2.75) is 31.7 Å². The molecule has 1 rings (SSSR count). The highest BCUT2D eigenvalue weighted by atomic mass is 16.6. The summed E-state index contributed by atoms with van der Waals surface area (Å²) in [5, 5.41) is 0. The van der Waals surface area contributed by atoms with Crippen molar-refractivity contribution in [2.24, 2.45) is 0 Å². The number of terminal acetylenes is 1. The van der Waals surface area contributed by atoms with Crippen molar-refractivity contribution in [3.63, 3.8) is 0 Å². The molecule has 0 aromatic carbocycles. The molecule has 1 amide bonds. The Balaban J connectivity index is 2.29. The van der Waals surface area contributed by atoms with E-state index in [2.05, 4.69) is 10.8 Å². The van der Waals surface area contributed by atoms with Gasteiger partial charge in [-0.3, -0.25) is 4.90 Å². The van der Waals surface area contributed by atoms with Crippen molar-refractivity contribution in [1.82, 2.24) is 9.80 Å². The number of ether oxygens (including phenoxy) is 1. The molecule has 0 heterocycles. The Kier molecular flexibility index (Phi) is 5.85. The first-order valence-corrected chi connectivity index (χ1v) is 6.16. The Labute approximate surface area is 104 Å². The minimum absolute atomic E-state index is 0.294. The van der Waals surface area contributed by atoms with Crippen LogP contribution in [-0.4, -0.2) is 55.7 Å². The third-order valence-corrected chi connectivity index (χ3v) is 3.10. The van der Waals surface area contributed by atoms with Crippen LogP contribution in [0.5, 0.6) is 0 Å². The fourth-order valence-electron chi connectivity index (χ4n) is 2.16. The lowest BCUT2D eigenvalue weighted by Crippen LogP contribution is -2.37. The summed E-state index contributed by atoms with van der Waals surface area (Å²) in [6.45, 7) is 1.79. The molecule has 17 heavy (non-hydrogen) atoms. The molecule has 0 saturated heterocycles. The minimum Gasteiger partial charge on any atom is -0.448 e. The molecule has 1 aliphatic carbocycles. The van der Waals surface area contributed by atoms with E-state index in [1.54, 1.807) is 14.1 Å². The predicted molar refractivity (Wildman–Crippen MR) is 67.7 cm³/mol. The summed E-state index contributed by atoms with van der Waals surface area (Å²) >= 11 is 0. The van der Waals surface area contributed by atoms with Crippen LogP contribution in [0.4, 0.5) is 4.79 Å². The van der Waals surface area contributed by atoms with Gasteiger partial charge in [-0.2, -0.15) is 0 Å². The summed E-state index contributed by atoms with van der Waals surface area (Å²) in [6, 6.07) is 0.573. The highest BCUT2D eigenvalue weighted by Gasteiger charge is 2.21. The zero-order chi connectivity index (χ0) is 12.7. The van der Waals surface area contributed by atoms with Crippen LogP contribution in [0, 0.1) is 12.3 Å². The van der Waals surface area contributed by atoms with Crippen LogP contribution in [0.2, 0.25) is 0 Å². The zero-order valence-corrected chi connectivity index (χ0v) is 10.8. The average molecular weight is 238 g/mol. The molecule has 0 aliphatic heterocycles. The molecule has 96 valence electrons. The van der Waals surface area contributed by atoms with Gasteiger partial charge in [0.1, 0.15) is 6.61 Å². The molecule has 0 atom stereocenters. The number of rotatable bonds is 5. The maximum absolute atomic E-state index is 11.2. The van der Waals surface area contributed by atoms with E-state index in [4.69, 9.17) is 11.2 Å². The van der Waals surface area contributed by atoms with Gasteiger partial charge in [0, 0.05) is 26.7 Å². The Morgan fingerprint density at radius 3 is 2.59 bits per heavy atom. The fourth-order valence-corrected chi connectivity index (χ4v) is 2.16. The van der Waals surface area contributed by atoms with Gasteiger partial charge < -0.3 is 9.64 Å². The van der Waals surface area contributed by atoms with Crippen molar-refractivity contribution in [3.05, 3.63) is 0 Å². The Bertz CT molecular complexity index is 278. The fraction of sp³-hybridized carbons (Fsp3) is 0.769. The van der Waals surface area contributed by atoms with E-state index in [1.807, 2.05) is 0 Å². The van der Waals surface area contributed by atoms with Gasteiger partial charge in [-0.25, -0.2) is 4.79 Å². The van der Waals surface area contributed by atoms with Gasteiger partial charge in [0.05, 0.1) is 6.54 Å². The molecule has 0 unspecified atom stereocenters. The smallest absolute Gasteiger partial charge is 0.409 e. The van der Waals surface area contributed by atoms with Gasteiger partial charge in [0.15, 0.2) is 0 Å². The monoisotopic (exact) mass is 238 g/mol. The summed E-state index contributed by atoms with van der Waals surface area (Å²) in [4.78, 5) is 14.9. The van der Waals surface area contributed by atoms with Gasteiger partial charge in [0.25, 0.3) is 0 Å². The summed E-state index contributed by atoms with van der Waals surface area (Å²) in [7, 11) is 3.36. The predicted octanol–water partition coefficient (Wildman–Crippen LogP) is 1.56. The number of hydrogen-bond acceptors (Lipinski definition) is 3. The van der Waals surface area contributed by atoms with Crippen molar-refractivity contribution in [1.29, 1.82) is 0 Å². The van der Waals surface area contributed by atoms with E-state index in [9.17, 15) is 4.79 Å². The third-order valence-electron chi connectivity index (χ3n) is 3.10. The van der Waals surface area contributed by atoms with E-state index < -0.39 is 0 Å². The van der Waals surface area contributed by atoms with Crippen LogP contribution in [-0.2, 0) is 4.74 Å². The van der Waals surface area contributed by atoms with Gasteiger partial charge in [-0.05, 0) is 12.8 Å². The molecule has 0 radical (unpaired) electrons. The SMILES string of the molecule is C#CCN(CCOC(=O)N(C)C)C1CCCC1. The van der Waals surface area contributed by atoms with Gasteiger partial charge >= 0.3 is 6.09 Å². The number of carbonyl (C=O) groups excluding carboxylic acids is 1. The van der Waals surface area contributed by atoms with Crippen molar-refractivity contribution in [3.8, 4) is 12.3 Å². The van der Waals surface area contributed by atoms with Crippen LogP contribution in [0.15, 0.2) is 0 Å². The molecule has 0 aromatic rings. The van der Waals surface area contributed by atoms with Gasteiger partial charge in [-0.15, -0.1) is 6.42 Å². The maximum Gasteiger partial charge on any atom is 0.409 e. The van der Waals surface area contributed by atoms with Crippen LogP contribution in [0.1, 0.15) is 25.7 Å². The Morgan fingerprint density at radius 1 is 1.41 bits per heavy atom. The molecule has 0 bridgehead atoms. The minimum atomic E-state index is -0.294. The van der Waals surface area contributed by atoms with Crippen LogP contribution >= 0.6 is 0 Å². The molecule has 1 saturated carbocycles. The van der Waals surface area contributed by atoms with Gasteiger partial charge in [-0.1, -0.05) is 18.8 Å². The number of amides is 1. The van der Waals surface area contributed by atoms with Crippen molar-refractivity contribution >= 4 is 6.09 Å². The normalized spacial score (nSPS) is 15.9. The van der Waals surface area contributed by atoms with E-state index in [-0.39, 0.29) is 6.09 Å². The average Bonchev–Trinajstić information content (AvgIpc) is 2.80. The molecule has 1 fully saturated rings. The molecule has 4 heteroatoms. The summed E-state index contributed by atoms with van der Waals surface area (Å²) in [5.74, 6) is 2.68. The molecule has 0 N–H and O–H groups in total. The lowest BCUT2D eigenvalue weighted by atomic mass is 10.2. The lowest BCUT2D eigenvalue weighted by Gasteiger charge is -2.26. The first kappa shape index (κ1) is 13.9. The van der Waals surface area contributed by atoms with Gasteiger partial charge in [0.2, 0.25) is 0 Å².